The third kappa shape index (κ3) is 4.91. The number of benzene rings is 2. The highest BCUT2D eigenvalue weighted by Crippen LogP contribution is 2.29. The predicted molar refractivity (Wildman–Crippen MR) is 121 cm³/mol. The number of nitrogens with zero attached hydrogens (tertiary/aromatic N) is 2. The van der Waals surface area contributed by atoms with Crippen LogP contribution >= 0.6 is 0 Å². The minimum absolute atomic E-state index is 0.0978. The molecule has 2 fully saturated rings. The van der Waals surface area contributed by atoms with E-state index in [-0.39, 0.29) is 18.0 Å². The molecule has 2 aromatic carbocycles. The van der Waals surface area contributed by atoms with Gasteiger partial charge in [0.05, 0.1) is 6.04 Å². The summed E-state index contributed by atoms with van der Waals surface area (Å²) in [6.07, 6.45) is 1.98. The number of carbonyl (C=O) groups excluding carboxylic acids is 1. The third-order valence-corrected chi connectivity index (χ3v) is 6.26. The van der Waals surface area contributed by atoms with Crippen molar-refractivity contribution in [2.45, 2.75) is 44.8 Å². The first-order chi connectivity index (χ1) is 14.6. The Bertz CT molecular complexity index is 763. The van der Waals surface area contributed by atoms with Gasteiger partial charge in [-0.3, -0.25) is 15.1 Å². The Balaban J connectivity index is 1.40. The Morgan fingerprint density at radius 1 is 0.900 bits per heavy atom. The normalized spacial score (nSPS) is 22.7. The van der Waals surface area contributed by atoms with Gasteiger partial charge in [0.1, 0.15) is 6.04 Å². The van der Waals surface area contributed by atoms with Crippen molar-refractivity contribution in [1.82, 2.24) is 20.7 Å². The van der Waals surface area contributed by atoms with Crippen molar-refractivity contribution in [1.29, 1.82) is 0 Å². The van der Waals surface area contributed by atoms with Crippen LogP contribution < -0.4 is 10.9 Å². The van der Waals surface area contributed by atoms with E-state index in [0.29, 0.717) is 12.0 Å². The van der Waals surface area contributed by atoms with Gasteiger partial charge in [0.2, 0.25) is 5.91 Å². The highest BCUT2D eigenvalue weighted by molar-refractivity contribution is 5.82. The van der Waals surface area contributed by atoms with E-state index in [1.54, 1.807) is 0 Å². The average Bonchev–Trinajstić information content (AvgIpc) is 3.23. The second kappa shape index (κ2) is 9.73. The van der Waals surface area contributed by atoms with E-state index in [4.69, 9.17) is 0 Å². The second-order valence-electron chi connectivity index (χ2n) is 8.99. The lowest BCUT2D eigenvalue weighted by molar-refractivity contribution is -0.135. The van der Waals surface area contributed by atoms with Crippen molar-refractivity contribution >= 4 is 5.91 Å². The van der Waals surface area contributed by atoms with Crippen LogP contribution in [0, 0.1) is 5.92 Å². The summed E-state index contributed by atoms with van der Waals surface area (Å²) >= 11 is 0. The summed E-state index contributed by atoms with van der Waals surface area (Å²) in [7, 11) is 0. The molecule has 160 valence electrons. The molecule has 2 aromatic rings. The molecular formula is C25H34N4O. The van der Waals surface area contributed by atoms with Gasteiger partial charge in [-0.2, -0.15) is 0 Å². The Morgan fingerprint density at radius 3 is 2.00 bits per heavy atom. The lowest BCUT2D eigenvalue weighted by atomic mass is 9.96. The SMILES string of the molecule is CC(C)CC1CC(C(=O)N2CCN(C(c3ccccc3)c3ccccc3)CC2)NN1. The molecule has 5 heteroatoms. The lowest BCUT2D eigenvalue weighted by Gasteiger charge is -2.40. The van der Waals surface area contributed by atoms with Gasteiger partial charge in [0.15, 0.2) is 0 Å². The topological polar surface area (TPSA) is 47.6 Å². The fraction of sp³-hybridized carbons (Fsp3) is 0.480. The fourth-order valence-electron chi connectivity index (χ4n) is 4.81. The summed E-state index contributed by atoms with van der Waals surface area (Å²) in [5.74, 6) is 0.874. The van der Waals surface area contributed by atoms with Crippen LogP contribution in [0.3, 0.4) is 0 Å². The second-order valence-corrected chi connectivity index (χ2v) is 8.99. The summed E-state index contributed by atoms with van der Waals surface area (Å²) in [5.41, 5.74) is 9.17. The highest BCUT2D eigenvalue weighted by atomic mass is 16.2. The van der Waals surface area contributed by atoms with Crippen LogP contribution in [-0.4, -0.2) is 54.0 Å². The van der Waals surface area contributed by atoms with Gasteiger partial charge in [-0.15, -0.1) is 0 Å². The fourth-order valence-corrected chi connectivity index (χ4v) is 4.81. The molecule has 0 radical (unpaired) electrons. The summed E-state index contributed by atoms with van der Waals surface area (Å²) in [5, 5.41) is 0. The van der Waals surface area contributed by atoms with Crippen LogP contribution in [0.2, 0.25) is 0 Å². The van der Waals surface area contributed by atoms with Crippen LogP contribution in [0.4, 0.5) is 0 Å². The molecular weight excluding hydrogens is 372 g/mol. The van der Waals surface area contributed by atoms with E-state index in [1.165, 1.54) is 11.1 Å². The van der Waals surface area contributed by atoms with Crippen molar-refractivity contribution in [3.8, 4) is 0 Å². The van der Waals surface area contributed by atoms with Crippen LogP contribution in [0.5, 0.6) is 0 Å². The van der Waals surface area contributed by atoms with Crippen LogP contribution in [0.1, 0.15) is 43.9 Å². The molecule has 5 nitrogen and oxygen atoms in total. The van der Waals surface area contributed by atoms with E-state index < -0.39 is 0 Å². The van der Waals surface area contributed by atoms with Gasteiger partial charge in [-0.25, -0.2) is 5.43 Å². The molecule has 2 aliphatic heterocycles. The monoisotopic (exact) mass is 406 g/mol. The number of nitrogens with one attached hydrogen (secondary N) is 2. The standard InChI is InChI=1S/C25H34N4O/c1-19(2)17-22-18-23(27-26-22)25(30)29-15-13-28(14-16-29)24(20-9-5-3-6-10-20)21-11-7-4-8-12-21/h3-12,19,22-24,26-27H,13-18H2,1-2H3. The maximum atomic E-state index is 13.1. The molecule has 0 spiro atoms. The summed E-state index contributed by atoms with van der Waals surface area (Å²) in [4.78, 5) is 17.6. The number of hydrogen-bond donors (Lipinski definition) is 2. The zero-order valence-electron chi connectivity index (χ0n) is 18.1. The zero-order valence-corrected chi connectivity index (χ0v) is 18.1. The number of hydrazine groups is 1. The summed E-state index contributed by atoms with van der Waals surface area (Å²) in [6.45, 7) is 7.79. The molecule has 2 saturated heterocycles. The lowest BCUT2D eigenvalue weighted by Crippen LogP contribution is -2.54. The van der Waals surface area contributed by atoms with Crippen molar-refractivity contribution in [3.63, 3.8) is 0 Å². The van der Waals surface area contributed by atoms with Crippen LogP contribution in [0.15, 0.2) is 60.7 Å². The molecule has 2 N–H and O–H groups in total. The molecule has 2 unspecified atom stereocenters. The maximum Gasteiger partial charge on any atom is 0.241 e. The first-order valence-corrected chi connectivity index (χ1v) is 11.3. The Hall–Kier alpha value is -2.21. The smallest absolute Gasteiger partial charge is 0.241 e. The van der Waals surface area contributed by atoms with E-state index in [0.717, 1.165) is 39.0 Å². The predicted octanol–water partition coefficient (Wildman–Crippen LogP) is 3.20. The first kappa shape index (κ1) is 21.0. The highest BCUT2D eigenvalue weighted by Gasteiger charge is 2.35. The summed E-state index contributed by atoms with van der Waals surface area (Å²) < 4.78 is 0. The molecule has 0 bridgehead atoms. The van der Waals surface area contributed by atoms with Gasteiger partial charge in [-0.1, -0.05) is 74.5 Å². The average molecular weight is 407 g/mol. The Morgan fingerprint density at radius 2 is 1.47 bits per heavy atom. The number of rotatable bonds is 6. The molecule has 0 saturated carbocycles. The van der Waals surface area contributed by atoms with E-state index in [9.17, 15) is 4.79 Å². The van der Waals surface area contributed by atoms with Gasteiger partial charge in [0.25, 0.3) is 0 Å². The Labute approximate surface area is 180 Å². The van der Waals surface area contributed by atoms with Crippen LogP contribution in [-0.2, 0) is 4.79 Å². The molecule has 0 aliphatic carbocycles. The molecule has 2 heterocycles. The van der Waals surface area contributed by atoms with Crippen molar-refractivity contribution < 1.29 is 4.79 Å². The van der Waals surface area contributed by atoms with Crippen molar-refractivity contribution in [3.05, 3.63) is 71.8 Å². The van der Waals surface area contributed by atoms with E-state index in [2.05, 4.69) is 90.3 Å². The molecule has 2 aliphatic rings. The number of piperazine rings is 1. The number of carbonyl (C=O) groups is 1. The van der Waals surface area contributed by atoms with Crippen LogP contribution in [0.25, 0.3) is 0 Å². The molecule has 1 amide bonds. The molecule has 2 atom stereocenters. The molecule has 30 heavy (non-hydrogen) atoms. The molecule has 0 aromatic heterocycles. The Kier molecular flexibility index (Phi) is 6.82. The van der Waals surface area contributed by atoms with E-state index >= 15 is 0 Å². The maximum absolute atomic E-state index is 13.1. The van der Waals surface area contributed by atoms with E-state index in [1.807, 2.05) is 4.90 Å². The van der Waals surface area contributed by atoms with Crippen molar-refractivity contribution in [2.24, 2.45) is 5.92 Å². The van der Waals surface area contributed by atoms with Crippen molar-refractivity contribution in [2.75, 3.05) is 26.2 Å². The summed E-state index contributed by atoms with van der Waals surface area (Å²) in [6, 6.07) is 21.9. The minimum atomic E-state index is -0.0978. The minimum Gasteiger partial charge on any atom is -0.339 e. The quantitative estimate of drug-likeness (QED) is 0.773. The first-order valence-electron chi connectivity index (χ1n) is 11.3. The molecule has 4 rings (SSSR count). The van der Waals surface area contributed by atoms with Gasteiger partial charge < -0.3 is 4.90 Å². The zero-order chi connectivity index (χ0) is 20.9. The largest absolute Gasteiger partial charge is 0.339 e. The van der Waals surface area contributed by atoms with Gasteiger partial charge >= 0.3 is 0 Å². The number of hydrogen-bond acceptors (Lipinski definition) is 4. The van der Waals surface area contributed by atoms with Gasteiger partial charge in [0, 0.05) is 32.2 Å². The third-order valence-electron chi connectivity index (χ3n) is 6.26. The number of amides is 1. The van der Waals surface area contributed by atoms with Gasteiger partial charge in [-0.05, 0) is 29.9 Å².